The minimum Gasteiger partial charge on any atom is -0.453 e. The van der Waals surface area contributed by atoms with Crippen LogP contribution in [-0.4, -0.2) is 0 Å². The first-order valence-electron chi connectivity index (χ1n) is 14.5. The van der Waals surface area contributed by atoms with Gasteiger partial charge >= 0.3 is 0 Å². The van der Waals surface area contributed by atoms with E-state index in [0.717, 1.165) is 35.7 Å². The van der Waals surface area contributed by atoms with Gasteiger partial charge in [-0.3, -0.25) is 0 Å². The Bertz CT molecular complexity index is 1730. The average molecular weight is 508 g/mol. The van der Waals surface area contributed by atoms with Gasteiger partial charge in [0, 0.05) is 5.69 Å². The third kappa shape index (κ3) is 3.77. The van der Waals surface area contributed by atoms with Crippen LogP contribution >= 0.6 is 0 Å². The number of hydrogen-bond donors (Lipinski definition) is 0. The summed E-state index contributed by atoms with van der Waals surface area (Å²) in [6.07, 6.45) is 10.6. The van der Waals surface area contributed by atoms with Crippen molar-refractivity contribution in [2.24, 2.45) is 0 Å². The van der Waals surface area contributed by atoms with E-state index in [-0.39, 0.29) is 0 Å². The molecule has 2 nitrogen and oxygen atoms in total. The summed E-state index contributed by atoms with van der Waals surface area (Å²) in [4.78, 5) is 2.42. The number of allylic oxidation sites excluding steroid dienone is 4. The summed E-state index contributed by atoms with van der Waals surface area (Å²) in [7, 11) is 0. The van der Waals surface area contributed by atoms with E-state index < -0.39 is 0 Å². The predicted octanol–water partition coefficient (Wildman–Crippen LogP) is 10.0. The van der Waals surface area contributed by atoms with Gasteiger partial charge in [-0.1, -0.05) is 54.5 Å². The summed E-state index contributed by atoms with van der Waals surface area (Å²) in [6, 6.07) is 27.8. The van der Waals surface area contributed by atoms with E-state index in [1.54, 1.807) is 5.57 Å². The Balaban J connectivity index is 1.41. The molecule has 5 aliphatic rings. The van der Waals surface area contributed by atoms with E-state index in [1.807, 2.05) is 0 Å². The Kier molecular flexibility index (Phi) is 5.13. The predicted molar refractivity (Wildman–Crippen MR) is 162 cm³/mol. The molecule has 4 aromatic carbocycles. The van der Waals surface area contributed by atoms with E-state index in [9.17, 15) is 0 Å². The summed E-state index contributed by atoms with van der Waals surface area (Å²) in [5.41, 5.74) is 17.3. The number of anilines is 3. The maximum Gasteiger partial charge on any atom is 0.151 e. The molecule has 39 heavy (non-hydrogen) atoms. The van der Waals surface area contributed by atoms with Crippen molar-refractivity contribution in [1.29, 1.82) is 0 Å². The zero-order valence-corrected chi connectivity index (χ0v) is 22.8. The van der Waals surface area contributed by atoms with Gasteiger partial charge in [-0.2, -0.15) is 0 Å². The van der Waals surface area contributed by atoms with Gasteiger partial charge in [0.1, 0.15) is 0 Å². The highest BCUT2D eigenvalue weighted by molar-refractivity contribution is 5.91. The van der Waals surface area contributed by atoms with Crippen LogP contribution in [0.15, 0.2) is 90.0 Å². The van der Waals surface area contributed by atoms with Crippen LogP contribution in [0.25, 0.3) is 16.7 Å². The summed E-state index contributed by atoms with van der Waals surface area (Å²) in [6.45, 7) is 4.52. The number of aryl methyl sites for hydroxylation is 3. The molecule has 2 heteroatoms. The highest BCUT2D eigenvalue weighted by Crippen LogP contribution is 2.52. The lowest BCUT2D eigenvalue weighted by molar-refractivity contribution is 0.475. The Morgan fingerprint density at radius 2 is 1.54 bits per heavy atom. The molecule has 2 aliphatic carbocycles. The number of fused-ring (bicyclic) bond motifs is 4. The molecule has 0 atom stereocenters. The van der Waals surface area contributed by atoms with E-state index >= 15 is 0 Å². The van der Waals surface area contributed by atoms with Gasteiger partial charge in [0.2, 0.25) is 0 Å². The van der Waals surface area contributed by atoms with Crippen molar-refractivity contribution in [2.45, 2.75) is 58.8 Å². The first-order valence-corrected chi connectivity index (χ1v) is 14.5. The van der Waals surface area contributed by atoms with E-state index in [4.69, 9.17) is 4.74 Å². The lowest BCUT2D eigenvalue weighted by Crippen LogP contribution is -2.16. The highest BCUT2D eigenvalue weighted by atomic mass is 16.5. The molecule has 3 aliphatic heterocycles. The average Bonchev–Trinajstić information content (AvgIpc) is 2.92. The first-order chi connectivity index (χ1) is 19.1. The van der Waals surface area contributed by atoms with E-state index in [2.05, 4.69) is 97.6 Å². The second-order valence-corrected chi connectivity index (χ2v) is 11.7. The first kappa shape index (κ1) is 22.9. The van der Waals surface area contributed by atoms with Crippen LogP contribution in [0, 0.1) is 0 Å². The Morgan fingerprint density at radius 1 is 0.744 bits per heavy atom. The van der Waals surface area contributed by atoms with Crippen molar-refractivity contribution < 1.29 is 4.74 Å². The lowest BCUT2D eigenvalue weighted by atomic mass is 9.84. The Labute approximate surface area is 231 Å². The highest BCUT2D eigenvalue weighted by Gasteiger charge is 2.28. The lowest BCUT2D eigenvalue weighted by Gasteiger charge is -2.34. The van der Waals surface area contributed by atoms with E-state index in [0.29, 0.717) is 0 Å². The molecule has 192 valence electrons. The van der Waals surface area contributed by atoms with Crippen molar-refractivity contribution in [1.82, 2.24) is 0 Å². The standard InChI is InChI=1S/C37H33NO/c1-3-24-7-13-34-36(17-24)39-37-18-26-8-14-35(37)38(34)32-21-30(29-12-10-27-9-11-28(27)19-29)20-31(22-32)33(23(2)15-26)16-25-5-4-6-25/h7-8,10,12-14,16-22H,3-6,9,11,15H2,1-2H3/b33-23-. The zero-order valence-electron chi connectivity index (χ0n) is 22.8. The monoisotopic (exact) mass is 507 g/mol. The maximum absolute atomic E-state index is 6.61. The quantitative estimate of drug-likeness (QED) is 0.241. The molecular formula is C37H33NO. The molecule has 9 rings (SSSR count). The SMILES string of the molecule is CCc1ccc2c(c1)Oc1cc3ccc1N2c1cc(cc(-c2ccc4c(c2)CC4)c1)/C(C=C1CCC1)=C(/C)C3. The van der Waals surface area contributed by atoms with Crippen molar-refractivity contribution in [3.8, 4) is 22.6 Å². The van der Waals surface area contributed by atoms with Crippen molar-refractivity contribution in [3.63, 3.8) is 0 Å². The third-order valence-corrected chi connectivity index (χ3v) is 9.12. The molecule has 1 fully saturated rings. The number of ether oxygens (including phenoxy) is 1. The second-order valence-electron chi connectivity index (χ2n) is 11.7. The normalized spacial score (nSPS) is 18.3. The van der Waals surface area contributed by atoms with Crippen LogP contribution in [0.2, 0.25) is 0 Å². The smallest absolute Gasteiger partial charge is 0.151 e. The maximum atomic E-state index is 6.61. The fourth-order valence-corrected chi connectivity index (χ4v) is 6.53. The van der Waals surface area contributed by atoms with Gasteiger partial charge in [0.05, 0.1) is 11.4 Å². The van der Waals surface area contributed by atoms with Gasteiger partial charge in [0.15, 0.2) is 11.5 Å². The van der Waals surface area contributed by atoms with Gasteiger partial charge < -0.3 is 9.64 Å². The fraction of sp³-hybridized carbons (Fsp3) is 0.243. The second kappa shape index (κ2) is 8.74. The molecular weight excluding hydrogens is 474 g/mol. The van der Waals surface area contributed by atoms with Gasteiger partial charge in [0.25, 0.3) is 0 Å². The van der Waals surface area contributed by atoms with Crippen molar-refractivity contribution >= 4 is 22.6 Å². The number of benzene rings is 4. The summed E-state index contributed by atoms with van der Waals surface area (Å²) in [5.74, 6) is 1.88. The molecule has 0 aromatic heterocycles. The van der Waals surface area contributed by atoms with Gasteiger partial charge in [-0.25, -0.2) is 0 Å². The van der Waals surface area contributed by atoms with Crippen LogP contribution in [0.1, 0.15) is 60.9 Å². The number of rotatable bonds is 3. The fourth-order valence-electron chi connectivity index (χ4n) is 6.53. The van der Waals surface area contributed by atoms with Crippen LogP contribution in [0.3, 0.4) is 0 Å². The summed E-state index contributed by atoms with van der Waals surface area (Å²) >= 11 is 0. The summed E-state index contributed by atoms with van der Waals surface area (Å²) in [5, 5.41) is 0. The summed E-state index contributed by atoms with van der Waals surface area (Å²) < 4.78 is 6.61. The largest absolute Gasteiger partial charge is 0.453 e. The van der Waals surface area contributed by atoms with Crippen LogP contribution in [0.5, 0.6) is 11.5 Å². The third-order valence-electron chi connectivity index (χ3n) is 9.12. The van der Waals surface area contributed by atoms with Crippen molar-refractivity contribution in [3.05, 3.63) is 118 Å². The Hall–Kier alpha value is -4.04. The molecule has 0 N–H and O–H groups in total. The molecule has 0 spiro atoms. The van der Waals surface area contributed by atoms with Crippen molar-refractivity contribution in [2.75, 3.05) is 4.90 Å². The minimum atomic E-state index is 0.913. The molecule has 0 amide bonds. The van der Waals surface area contributed by atoms with Gasteiger partial charge in [-0.05, 0) is 139 Å². The molecule has 0 saturated heterocycles. The van der Waals surface area contributed by atoms with Crippen LogP contribution in [0.4, 0.5) is 17.1 Å². The molecule has 0 unspecified atom stereocenters. The van der Waals surface area contributed by atoms with Crippen LogP contribution in [-0.2, 0) is 25.7 Å². The minimum absolute atomic E-state index is 0.913. The topological polar surface area (TPSA) is 12.5 Å². The van der Waals surface area contributed by atoms with Gasteiger partial charge in [-0.15, -0.1) is 0 Å². The molecule has 0 radical (unpaired) electrons. The zero-order chi connectivity index (χ0) is 26.1. The molecule has 4 aromatic rings. The van der Waals surface area contributed by atoms with E-state index in [1.165, 1.54) is 87.9 Å². The number of hydrogen-bond acceptors (Lipinski definition) is 2. The van der Waals surface area contributed by atoms with Crippen LogP contribution < -0.4 is 9.64 Å². The molecule has 6 bridgehead atoms. The molecule has 3 heterocycles. The Morgan fingerprint density at radius 3 is 2.28 bits per heavy atom. The molecule has 1 saturated carbocycles. The number of nitrogens with zero attached hydrogens (tertiary/aromatic N) is 1.